The van der Waals surface area contributed by atoms with E-state index in [9.17, 15) is 9.18 Å². The predicted molar refractivity (Wildman–Crippen MR) is 110 cm³/mol. The van der Waals surface area contributed by atoms with E-state index in [-0.39, 0.29) is 11.8 Å². The number of piperazine rings is 1. The fraction of sp³-hybridized carbons (Fsp3) is 0.409. The smallest absolute Gasteiger partial charge is 0.317 e. The first-order valence-corrected chi connectivity index (χ1v) is 9.69. The van der Waals surface area contributed by atoms with Crippen LogP contribution in [0.25, 0.3) is 0 Å². The Hall–Kier alpha value is -2.76. The summed E-state index contributed by atoms with van der Waals surface area (Å²) in [6.07, 6.45) is 0. The number of para-hydroxylation sites is 1. The molecule has 1 N–H and O–H groups in total. The van der Waals surface area contributed by atoms with E-state index in [2.05, 4.69) is 18.3 Å². The minimum Gasteiger partial charge on any atom is -0.491 e. The van der Waals surface area contributed by atoms with Gasteiger partial charge in [-0.25, -0.2) is 9.18 Å². The molecule has 2 aromatic carbocycles. The summed E-state index contributed by atoms with van der Waals surface area (Å²) in [5.41, 5.74) is 4.02. The van der Waals surface area contributed by atoms with Crippen LogP contribution in [-0.2, 0) is 0 Å². The predicted octanol–water partition coefficient (Wildman–Crippen LogP) is 3.66. The second kappa shape index (κ2) is 8.95. The Balaban J connectivity index is 1.43. The van der Waals surface area contributed by atoms with Gasteiger partial charge in [0, 0.05) is 26.2 Å². The molecule has 1 aliphatic rings. The van der Waals surface area contributed by atoms with E-state index >= 15 is 0 Å². The molecule has 0 bridgehead atoms. The molecule has 1 fully saturated rings. The van der Waals surface area contributed by atoms with Crippen molar-refractivity contribution in [3.63, 3.8) is 0 Å². The lowest BCUT2D eigenvalue weighted by Crippen LogP contribution is -2.52. The average molecular weight is 385 g/mol. The molecule has 0 atom stereocenters. The summed E-state index contributed by atoms with van der Waals surface area (Å²) in [4.78, 5) is 16.1. The molecule has 2 amide bonds. The number of nitrogens with zero attached hydrogens (tertiary/aromatic N) is 2. The largest absolute Gasteiger partial charge is 0.491 e. The van der Waals surface area contributed by atoms with E-state index in [4.69, 9.17) is 4.74 Å². The van der Waals surface area contributed by atoms with Crippen LogP contribution in [0.2, 0.25) is 0 Å². The minimum absolute atomic E-state index is 0.102. The number of ether oxygens (including phenoxy) is 1. The second-order valence-electron chi connectivity index (χ2n) is 7.16. The topological polar surface area (TPSA) is 44.8 Å². The van der Waals surface area contributed by atoms with Crippen LogP contribution >= 0.6 is 0 Å². The molecular weight excluding hydrogens is 357 g/mol. The fourth-order valence-electron chi connectivity index (χ4n) is 3.43. The van der Waals surface area contributed by atoms with Crippen molar-refractivity contribution in [2.75, 3.05) is 44.2 Å². The standard InChI is InChI=1S/C22H28FN3O2/c1-16-8-9-17(2)21(18(16)3)28-15-10-24-22(27)26-13-11-25(12-14-26)20-7-5-4-6-19(20)23/h4-9H,10-15H2,1-3H3,(H,24,27). The summed E-state index contributed by atoms with van der Waals surface area (Å²) in [5.74, 6) is 0.673. The van der Waals surface area contributed by atoms with Crippen LogP contribution < -0.4 is 15.0 Å². The van der Waals surface area contributed by atoms with E-state index in [0.29, 0.717) is 45.0 Å². The molecule has 6 heteroatoms. The lowest BCUT2D eigenvalue weighted by molar-refractivity contribution is 0.191. The molecule has 0 spiro atoms. The van der Waals surface area contributed by atoms with Gasteiger partial charge in [-0.05, 0) is 49.6 Å². The number of hydrogen-bond acceptors (Lipinski definition) is 3. The Morgan fingerprint density at radius 3 is 2.43 bits per heavy atom. The summed E-state index contributed by atoms with van der Waals surface area (Å²) in [6.45, 7) is 9.36. The van der Waals surface area contributed by atoms with Crippen LogP contribution in [0.1, 0.15) is 16.7 Å². The molecular formula is C22H28FN3O2. The molecule has 1 saturated heterocycles. The first-order valence-electron chi connectivity index (χ1n) is 9.69. The number of aryl methyl sites for hydroxylation is 2. The highest BCUT2D eigenvalue weighted by Gasteiger charge is 2.22. The van der Waals surface area contributed by atoms with Crippen molar-refractivity contribution in [2.45, 2.75) is 20.8 Å². The molecule has 0 aromatic heterocycles. The number of carbonyl (C=O) groups is 1. The minimum atomic E-state index is -0.223. The molecule has 1 heterocycles. The normalized spacial score (nSPS) is 14.1. The number of carbonyl (C=O) groups excluding carboxylic acids is 1. The fourth-order valence-corrected chi connectivity index (χ4v) is 3.43. The quantitative estimate of drug-likeness (QED) is 0.799. The molecule has 0 saturated carbocycles. The molecule has 3 rings (SSSR count). The van der Waals surface area contributed by atoms with E-state index in [1.54, 1.807) is 17.0 Å². The Morgan fingerprint density at radius 1 is 1.04 bits per heavy atom. The van der Waals surface area contributed by atoms with Crippen LogP contribution in [0.15, 0.2) is 36.4 Å². The molecule has 0 aliphatic carbocycles. The SMILES string of the molecule is Cc1ccc(C)c(OCCNC(=O)N2CCN(c3ccccc3F)CC2)c1C. The summed E-state index contributed by atoms with van der Waals surface area (Å²) in [6, 6.07) is 10.8. The van der Waals surface area contributed by atoms with Gasteiger partial charge >= 0.3 is 6.03 Å². The van der Waals surface area contributed by atoms with Gasteiger partial charge in [0.15, 0.2) is 0 Å². The molecule has 5 nitrogen and oxygen atoms in total. The summed E-state index contributed by atoms with van der Waals surface area (Å²) >= 11 is 0. The van der Waals surface area contributed by atoms with Gasteiger partial charge in [0.1, 0.15) is 18.2 Å². The number of halogens is 1. The average Bonchev–Trinajstić information content (AvgIpc) is 2.70. The van der Waals surface area contributed by atoms with Gasteiger partial charge < -0.3 is 19.9 Å². The first kappa shape index (κ1) is 20.0. The van der Waals surface area contributed by atoms with Crippen molar-refractivity contribution in [1.82, 2.24) is 10.2 Å². The lowest BCUT2D eigenvalue weighted by Gasteiger charge is -2.36. The van der Waals surface area contributed by atoms with Crippen LogP contribution in [0.5, 0.6) is 5.75 Å². The lowest BCUT2D eigenvalue weighted by atomic mass is 10.1. The Bertz CT molecular complexity index is 833. The Morgan fingerprint density at radius 2 is 1.71 bits per heavy atom. The van der Waals surface area contributed by atoms with Crippen LogP contribution in [0, 0.1) is 26.6 Å². The molecule has 1 aliphatic heterocycles. The highest BCUT2D eigenvalue weighted by Crippen LogP contribution is 2.25. The molecule has 0 radical (unpaired) electrons. The summed E-state index contributed by atoms with van der Waals surface area (Å²) in [5, 5.41) is 2.91. The van der Waals surface area contributed by atoms with Crippen molar-refractivity contribution in [1.29, 1.82) is 0 Å². The highest BCUT2D eigenvalue weighted by atomic mass is 19.1. The number of anilines is 1. The highest BCUT2D eigenvalue weighted by molar-refractivity contribution is 5.74. The van der Waals surface area contributed by atoms with E-state index < -0.39 is 0 Å². The zero-order chi connectivity index (χ0) is 20.1. The van der Waals surface area contributed by atoms with Crippen molar-refractivity contribution in [2.24, 2.45) is 0 Å². The number of nitrogens with one attached hydrogen (secondary N) is 1. The zero-order valence-electron chi connectivity index (χ0n) is 16.8. The van der Waals surface area contributed by atoms with Crippen molar-refractivity contribution < 1.29 is 13.9 Å². The number of amides is 2. The number of urea groups is 1. The van der Waals surface area contributed by atoms with Crippen molar-refractivity contribution in [3.8, 4) is 5.75 Å². The maximum Gasteiger partial charge on any atom is 0.317 e. The number of rotatable bonds is 5. The van der Waals surface area contributed by atoms with Crippen molar-refractivity contribution >= 4 is 11.7 Å². The van der Waals surface area contributed by atoms with Crippen LogP contribution in [0.4, 0.5) is 14.9 Å². The van der Waals surface area contributed by atoms with Gasteiger partial charge in [0.25, 0.3) is 0 Å². The third-order valence-corrected chi connectivity index (χ3v) is 5.26. The maximum absolute atomic E-state index is 13.9. The third-order valence-electron chi connectivity index (χ3n) is 5.26. The summed E-state index contributed by atoms with van der Waals surface area (Å²) in [7, 11) is 0. The van der Waals surface area contributed by atoms with Gasteiger partial charge in [-0.3, -0.25) is 0 Å². The Kier molecular flexibility index (Phi) is 6.39. The van der Waals surface area contributed by atoms with Crippen molar-refractivity contribution in [3.05, 3.63) is 58.9 Å². The van der Waals surface area contributed by atoms with Gasteiger partial charge in [-0.15, -0.1) is 0 Å². The second-order valence-corrected chi connectivity index (χ2v) is 7.16. The number of hydrogen-bond donors (Lipinski definition) is 1. The maximum atomic E-state index is 13.9. The Labute approximate surface area is 166 Å². The van der Waals surface area contributed by atoms with Gasteiger partial charge in [-0.1, -0.05) is 24.3 Å². The van der Waals surface area contributed by atoms with Gasteiger partial charge in [-0.2, -0.15) is 0 Å². The van der Waals surface area contributed by atoms with E-state index in [1.165, 1.54) is 11.6 Å². The van der Waals surface area contributed by atoms with E-state index in [0.717, 1.165) is 16.9 Å². The number of benzene rings is 2. The third kappa shape index (κ3) is 4.55. The first-order chi connectivity index (χ1) is 13.5. The molecule has 0 unspecified atom stereocenters. The van der Waals surface area contributed by atoms with Gasteiger partial charge in [0.2, 0.25) is 0 Å². The monoisotopic (exact) mass is 385 g/mol. The summed E-state index contributed by atoms with van der Waals surface area (Å²) < 4.78 is 19.8. The van der Waals surface area contributed by atoms with E-state index in [1.807, 2.05) is 30.9 Å². The van der Waals surface area contributed by atoms with Gasteiger partial charge in [0.05, 0.1) is 12.2 Å². The molecule has 2 aromatic rings. The van der Waals surface area contributed by atoms with Crippen LogP contribution in [-0.4, -0.2) is 50.3 Å². The molecule has 150 valence electrons. The zero-order valence-corrected chi connectivity index (χ0v) is 16.8. The molecule has 28 heavy (non-hydrogen) atoms. The van der Waals surface area contributed by atoms with Crippen LogP contribution in [0.3, 0.4) is 0 Å².